The van der Waals surface area contributed by atoms with Gasteiger partial charge in [0.15, 0.2) is 5.11 Å². The van der Waals surface area contributed by atoms with Crippen molar-refractivity contribution >= 4 is 92.8 Å². The van der Waals surface area contributed by atoms with Crippen molar-refractivity contribution in [3.05, 3.63) is 118 Å². The van der Waals surface area contributed by atoms with Crippen LogP contribution in [-0.2, 0) is 9.59 Å². The van der Waals surface area contributed by atoms with Gasteiger partial charge in [-0.15, -0.1) is 9.97 Å². The van der Waals surface area contributed by atoms with Crippen LogP contribution in [0.15, 0.2) is 65.9 Å². The summed E-state index contributed by atoms with van der Waals surface area (Å²) in [4.78, 5) is 69.2. The number of hydrogen-bond acceptors (Lipinski definition) is 10. The summed E-state index contributed by atoms with van der Waals surface area (Å²) in [5.41, 5.74) is 1.33. The molecular weight excluding hydrogens is 851 g/mol. The van der Waals surface area contributed by atoms with Crippen molar-refractivity contribution in [3.8, 4) is 0 Å². The number of isothiocyanates is 1. The highest BCUT2D eigenvalue weighted by atomic mass is 32.1. The molecule has 2 aliphatic carbocycles. The van der Waals surface area contributed by atoms with E-state index in [9.17, 15) is 33.1 Å². The third-order valence-corrected chi connectivity index (χ3v) is 10.9. The van der Waals surface area contributed by atoms with Crippen LogP contribution in [0.2, 0.25) is 0 Å². The molecule has 0 radical (unpaired) electrons. The van der Waals surface area contributed by atoms with Gasteiger partial charge in [0.2, 0.25) is 0 Å². The lowest BCUT2D eigenvalue weighted by atomic mass is 9.75. The maximum atomic E-state index is 14.6. The molecule has 4 aromatic rings. The molecule has 0 atom stereocenters. The standard InChI is InChI=1S/C21H18FN5O2S.C13H15FN2O3.C8H5N3S.2CH4/c1-12-9-14(11-25-17(12)23-2)26-19(29)21(7-4-8-21)27(20(26)30)13-5-6-15(16(22)10-13)18(28)24-3;1-15-11(17)9-4-3-8(7-10(9)14)16-13(12(18)19)5-2-6-13;1-6-3-7(11-5-12)4-10-8(6)9-2;;/h5-6,9-11H,4,7-8H2,1,3H3,(H,24,28);3-4,7,16H,2,5-6H2,1H3,(H,15,17)(H,18,19);3-4H,1H3;2*1H4. The molecule has 0 unspecified atom stereocenters. The van der Waals surface area contributed by atoms with Crippen molar-refractivity contribution in [2.45, 2.75) is 78.3 Å². The molecule has 15 nitrogen and oxygen atoms in total. The minimum atomic E-state index is -0.999. The molecule has 2 saturated carbocycles. The van der Waals surface area contributed by atoms with E-state index in [0.717, 1.165) is 24.5 Å². The number of nitrogens with zero attached hydrogens (tertiary/aromatic N) is 7. The number of halogens is 2. The third-order valence-electron chi connectivity index (χ3n) is 10.4. The van der Waals surface area contributed by atoms with Crippen molar-refractivity contribution in [2.24, 2.45) is 4.99 Å². The lowest BCUT2D eigenvalue weighted by molar-refractivity contribution is -0.145. The van der Waals surface area contributed by atoms with E-state index in [1.54, 1.807) is 30.0 Å². The second kappa shape index (κ2) is 21.2. The Morgan fingerprint density at radius 1 is 0.841 bits per heavy atom. The fourth-order valence-electron chi connectivity index (χ4n) is 6.86. The van der Waals surface area contributed by atoms with E-state index in [2.05, 4.69) is 58.0 Å². The minimum absolute atomic E-state index is 0. The normalized spacial score (nSPS) is 14.7. The summed E-state index contributed by atoms with van der Waals surface area (Å²) >= 11 is 10.1. The summed E-state index contributed by atoms with van der Waals surface area (Å²) in [7, 11) is 2.85. The predicted octanol–water partition coefficient (Wildman–Crippen LogP) is 9.05. The molecule has 2 aromatic carbocycles. The molecule has 4 N–H and O–H groups in total. The first-order valence-electron chi connectivity index (χ1n) is 18.6. The first-order valence-corrected chi connectivity index (χ1v) is 19.4. The number of aliphatic carboxylic acids is 1. The second-order valence-corrected chi connectivity index (χ2v) is 14.7. The van der Waals surface area contributed by atoms with Crippen LogP contribution in [0.25, 0.3) is 9.69 Å². The fourth-order valence-corrected chi connectivity index (χ4v) is 7.43. The Morgan fingerprint density at radius 3 is 1.81 bits per heavy atom. The van der Waals surface area contributed by atoms with E-state index in [4.69, 9.17) is 25.4 Å². The quantitative estimate of drug-likeness (QED) is 0.0754. The van der Waals surface area contributed by atoms with Gasteiger partial charge < -0.3 is 35.6 Å². The summed E-state index contributed by atoms with van der Waals surface area (Å²) in [6.07, 6.45) is 6.85. The smallest absolute Gasteiger partial charge is 0.329 e. The maximum absolute atomic E-state index is 14.6. The number of aryl methyl sites for hydroxylation is 2. The van der Waals surface area contributed by atoms with E-state index in [-0.39, 0.29) is 42.8 Å². The highest BCUT2D eigenvalue weighted by molar-refractivity contribution is 7.81. The van der Waals surface area contributed by atoms with Gasteiger partial charge in [0.05, 0.1) is 22.0 Å². The number of benzene rings is 2. The Labute approximate surface area is 375 Å². The number of thiocarbonyl (C=S) groups is 2. The zero-order valence-corrected chi connectivity index (χ0v) is 34.9. The van der Waals surface area contributed by atoms with E-state index in [0.29, 0.717) is 59.8 Å². The van der Waals surface area contributed by atoms with Gasteiger partial charge in [-0.3, -0.25) is 19.3 Å². The predicted molar refractivity (Wildman–Crippen MR) is 245 cm³/mol. The zero-order valence-electron chi connectivity index (χ0n) is 33.3. The molecule has 328 valence electrons. The van der Waals surface area contributed by atoms with Crippen molar-refractivity contribution < 1.29 is 33.1 Å². The van der Waals surface area contributed by atoms with Crippen molar-refractivity contribution in [3.63, 3.8) is 0 Å². The molecular formula is C44H46F2N10O5S2. The Balaban J connectivity index is 0.000000275. The van der Waals surface area contributed by atoms with Gasteiger partial charge in [-0.1, -0.05) is 28.0 Å². The number of carbonyl (C=O) groups is 4. The number of carboxylic acid groups (broad SMARTS) is 1. The van der Waals surface area contributed by atoms with Crippen LogP contribution in [-0.4, -0.2) is 74.2 Å². The van der Waals surface area contributed by atoms with Gasteiger partial charge in [0, 0.05) is 25.5 Å². The highest BCUT2D eigenvalue weighted by Gasteiger charge is 2.60. The molecule has 3 heterocycles. The summed E-state index contributed by atoms with van der Waals surface area (Å²) in [6.45, 7) is 17.5. The number of aliphatic imine (C=N–C) groups is 1. The number of amides is 3. The minimum Gasteiger partial charge on any atom is -0.480 e. The van der Waals surface area contributed by atoms with Crippen LogP contribution in [0.4, 0.5) is 43.2 Å². The molecule has 3 fully saturated rings. The molecule has 1 saturated heterocycles. The summed E-state index contributed by atoms with van der Waals surface area (Å²) in [5, 5.41) is 19.2. The summed E-state index contributed by atoms with van der Waals surface area (Å²) in [5.74, 6) is -2.86. The molecule has 3 amide bonds. The number of aromatic nitrogens is 2. The third kappa shape index (κ3) is 10.2. The van der Waals surface area contributed by atoms with Crippen LogP contribution in [0.3, 0.4) is 0 Å². The SMILES string of the molecule is C.C.CNC(=O)c1ccc(NC2(C(=O)O)CCC2)cc1F.[C-]#[N+]c1ncc(N2C(=O)C3(CCC3)N(c3ccc(C(=O)NC)c(F)c3)C2=S)cc1C.[C-]#[N+]c1ncc(N=C=S)cc1C. The summed E-state index contributed by atoms with van der Waals surface area (Å²) in [6, 6.07) is 11.7. The number of pyridine rings is 2. The topological polar surface area (TPSA) is 178 Å². The van der Waals surface area contributed by atoms with Gasteiger partial charge in [0.25, 0.3) is 29.4 Å². The first-order chi connectivity index (χ1) is 29.1. The molecule has 63 heavy (non-hydrogen) atoms. The van der Waals surface area contributed by atoms with Gasteiger partial charge >= 0.3 is 5.97 Å². The van der Waals surface area contributed by atoms with Gasteiger partial charge in [-0.25, -0.2) is 13.6 Å². The molecule has 7 rings (SSSR count). The van der Waals surface area contributed by atoms with Crippen LogP contribution in [0.5, 0.6) is 0 Å². The number of rotatable bonds is 8. The fraction of sp³-hybridized carbons (Fsp3) is 0.318. The molecule has 1 spiro atoms. The van der Waals surface area contributed by atoms with Crippen LogP contribution in [0, 0.1) is 38.6 Å². The summed E-state index contributed by atoms with van der Waals surface area (Å²) < 4.78 is 28.4. The molecule has 0 bridgehead atoms. The average molecular weight is 897 g/mol. The maximum Gasteiger partial charge on any atom is 0.329 e. The Kier molecular flexibility index (Phi) is 16.9. The molecule has 3 aliphatic rings. The van der Waals surface area contributed by atoms with Crippen LogP contribution in [0.1, 0.15) is 85.2 Å². The number of carbonyl (C=O) groups excluding carboxylic acids is 3. The van der Waals surface area contributed by atoms with Gasteiger partial charge in [-0.05, 0) is 136 Å². The average Bonchev–Trinajstić information content (AvgIpc) is 3.45. The number of anilines is 3. The van der Waals surface area contributed by atoms with Crippen molar-refractivity contribution in [2.75, 3.05) is 29.2 Å². The van der Waals surface area contributed by atoms with Crippen molar-refractivity contribution in [1.29, 1.82) is 0 Å². The molecule has 1 aliphatic heterocycles. The van der Waals surface area contributed by atoms with E-state index in [1.807, 2.05) is 6.92 Å². The highest BCUT2D eigenvalue weighted by Crippen LogP contribution is 2.48. The molecule has 2 aromatic heterocycles. The number of nitrogens with one attached hydrogen (secondary N) is 3. The Morgan fingerprint density at radius 2 is 1.38 bits per heavy atom. The zero-order chi connectivity index (χ0) is 44.6. The van der Waals surface area contributed by atoms with Crippen LogP contribution >= 0.6 is 24.4 Å². The largest absolute Gasteiger partial charge is 0.480 e. The number of carboxylic acids is 1. The lowest BCUT2D eigenvalue weighted by Gasteiger charge is -2.43. The van der Waals surface area contributed by atoms with Crippen LogP contribution < -0.4 is 25.8 Å². The van der Waals surface area contributed by atoms with E-state index < -0.39 is 40.5 Å². The first kappa shape index (κ1) is 50.3. The van der Waals surface area contributed by atoms with Gasteiger partial charge in [0.1, 0.15) is 40.8 Å². The number of hydrogen-bond donors (Lipinski definition) is 4. The lowest BCUT2D eigenvalue weighted by Crippen LogP contribution is -2.55. The molecule has 19 heteroatoms. The van der Waals surface area contributed by atoms with Crippen molar-refractivity contribution in [1.82, 2.24) is 20.6 Å². The van der Waals surface area contributed by atoms with E-state index in [1.165, 1.54) is 55.7 Å². The second-order valence-electron chi connectivity index (χ2n) is 14.1. The monoisotopic (exact) mass is 896 g/mol. The van der Waals surface area contributed by atoms with Gasteiger partial charge in [-0.2, -0.15) is 4.99 Å². The Hall–Kier alpha value is -7.05. The Bertz CT molecular complexity index is 2580. The van der Waals surface area contributed by atoms with E-state index >= 15 is 0 Å².